The van der Waals surface area contributed by atoms with Crippen LogP contribution in [0.2, 0.25) is 0 Å². The number of hydrogen-bond donors (Lipinski definition) is 4. The molecular formula is C15H30N4O6. The van der Waals surface area contributed by atoms with Crippen molar-refractivity contribution in [2.45, 2.75) is 39.3 Å². The second-order valence-corrected chi connectivity index (χ2v) is 4.64. The van der Waals surface area contributed by atoms with Crippen LogP contribution in [0.1, 0.15) is 26.7 Å². The van der Waals surface area contributed by atoms with Crippen LogP contribution in [0.5, 0.6) is 0 Å². The van der Waals surface area contributed by atoms with E-state index in [1.807, 2.05) is 0 Å². The first kappa shape index (κ1) is 25.2. The summed E-state index contributed by atoms with van der Waals surface area (Å²) in [7, 11) is 2.49. The van der Waals surface area contributed by atoms with Crippen LogP contribution >= 0.6 is 0 Å². The number of carbonyl (C=O) groups is 1. The lowest BCUT2D eigenvalue weighted by molar-refractivity contribution is -0.145. The van der Waals surface area contributed by atoms with Gasteiger partial charge >= 0.3 is 11.7 Å². The largest absolute Gasteiger partial charge is 0.462 e. The number of nitrogens with two attached hydrogens (primary N) is 1. The standard InChI is InChI=1S/C11H18N4O5.C3H8.CH4O/c1-19-8(7-20-10(16)6-12)2-4-15-5-3-9(14-18)13-11(15)17;1-3-2;1-2/h3,5,8,18H,2,4,6-7,12H2,1H3,(H,13,14,17);3H2,1-2H3;2H,1H3. The molecule has 0 amide bonds. The van der Waals surface area contributed by atoms with Crippen molar-refractivity contribution in [3.63, 3.8) is 0 Å². The van der Waals surface area contributed by atoms with Gasteiger partial charge in [-0.3, -0.25) is 20.0 Å². The zero-order valence-corrected chi connectivity index (χ0v) is 15.3. The molecule has 0 saturated heterocycles. The first-order valence-corrected chi connectivity index (χ1v) is 7.83. The summed E-state index contributed by atoms with van der Waals surface area (Å²) in [4.78, 5) is 26.1. The van der Waals surface area contributed by atoms with E-state index in [0.29, 0.717) is 13.0 Å². The summed E-state index contributed by atoms with van der Waals surface area (Å²) in [6.07, 6.45) is 2.86. The number of anilines is 1. The Kier molecular flexibility index (Phi) is 17.0. The minimum atomic E-state index is -0.510. The Labute approximate surface area is 147 Å². The van der Waals surface area contributed by atoms with Crippen molar-refractivity contribution < 1.29 is 24.6 Å². The van der Waals surface area contributed by atoms with Crippen molar-refractivity contribution >= 4 is 11.8 Å². The van der Waals surface area contributed by atoms with Gasteiger partial charge in [-0.25, -0.2) is 4.79 Å². The van der Waals surface area contributed by atoms with Gasteiger partial charge in [0.1, 0.15) is 6.61 Å². The number of aliphatic hydroxyl groups is 1. The van der Waals surface area contributed by atoms with Gasteiger partial charge in [0.25, 0.3) is 0 Å². The molecule has 10 nitrogen and oxygen atoms in total. The van der Waals surface area contributed by atoms with E-state index in [1.165, 1.54) is 30.4 Å². The molecule has 25 heavy (non-hydrogen) atoms. The average Bonchev–Trinajstić information content (AvgIpc) is 2.64. The minimum Gasteiger partial charge on any atom is -0.462 e. The lowest BCUT2D eigenvalue weighted by atomic mass is 10.2. The molecule has 5 N–H and O–H groups in total. The molecule has 0 aliphatic heterocycles. The first-order chi connectivity index (χ1) is 12.0. The van der Waals surface area contributed by atoms with Gasteiger partial charge in [-0.1, -0.05) is 20.3 Å². The molecule has 0 saturated carbocycles. The van der Waals surface area contributed by atoms with Crippen LogP contribution in [-0.2, 0) is 20.8 Å². The molecule has 0 aliphatic carbocycles. The first-order valence-electron chi connectivity index (χ1n) is 7.83. The molecule has 1 rings (SSSR count). The topological polar surface area (TPSA) is 149 Å². The Hall–Kier alpha value is -2.01. The van der Waals surface area contributed by atoms with E-state index >= 15 is 0 Å². The third-order valence-corrected chi connectivity index (χ3v) is 2.61. The maximum absolute atomic E-state index is 11.6. The second kappa shape index (κ2) is 16.8. The zero-order valence-electron chi connectivity index (χ0n) is 15.3. The highest BCUT2D eigenvalue weighted by Gasteiger charge is 2.11. The Morgan fingerprint density at radius 3 is 2.48 bits per heavy atom. The van der Waals surface area contributed by atoms with E-state index in [0.717, 1.165) is 7.11 Å². The number of hydrogen-bond acceptors (Lipinski definition) is 9. The number of nitrogens with one attached hydrogen (secondary N) is 1. The summed E-state index contributed by atoms with van der Waals surface area (Å²) in [5.74, 6) is -0.435. The summed E-state index contributed by atoms with van der Waals surface area (Å²) in [6, 6.07) is 1.46. The normalized spacial score (nSPS) is 10.5. The summed E-state index contributed by atoms with van der Waals surface area (Å²) < 4.78 is 11.4. The predicted octanol–water partition coefficient (Wildman–Crippen LogP) is -0.0238. The van der Waals surface area contributed by atoms with Crippen molar-refractivity contribution in [1.82, 2.24) is 9.55 Å². The molecule has 0 spiro atoms. The van der Waals surface area contributed by atoms with Gasteiger partial charge < -0.3 is 20.3 Å². The van der Waals surface area contributed by atoms with Crippen LogP contribution in [0, 0.1) is 0 Å². The molecule has 0 fully saturated rings. The van der Waals surface area contributed by atoms with Gasteiger partial charge in [0.05, 0.1) is 12.6 Å². The fourth-order valence-corrected chi connectivity index (χ4v) is 1.46. The molecule has 0 aliphatic rings. The van der Waals surface area contributed by atoms with Crippen LogP contribution < -0.4 is 16.9 Å². The SMILES string of the molecule is CCC.CO.COC(CCn1ccc(NO)nc1=O)COC(=O)CN. The smallest absolute Gasteiger partial charge is 0.349 e. The highest BCUT2D eigenvalue weighted by atomic mass is 16.6. The number of aromatic nitrogens is 2. The molecule has 146 valence electrons. The van der Waals surface area contributed by atoms with E-state index < -0.39 is 11.7 Å². The van der Waals surface area contributed by atoms with Crippen LogP contribution in [0.15, 0.2) is 17.1 Å². The predicted molar refractivity (Wildman–Crippen MR) is 93.4 cm³/mol. The van der Waals surface area contributed by atoms with Crippen LogP contribution in [0.4, 0.5) is 5.82 Å². The van der Waals surface area contributed by atoms with Gasteiger partial charge in [0.2, 0.25) is 0 Å². The van der Waals surface area contributed by atoms with Crippen molar-refractivity contribution in [3.8, 4) is 0 Å². The summed E-state index contributed by atoms with van der Waals surface area (Å²) in [6.45, 7) is 4.48. The highest BCUT2D eigenvalue weighted by Crippen LogP contribution is 2.02. The van der Waals surface area contributed by atoms with Gasteiger partial charge in [0, 0.05) is 27.0 Å². The lowest BCUT2D eigenvalue weighted by Crippen LogP contribution is -2.28. The Bertz CT molecular complexity index is 509. The van der Waals surface area contributed by atoms with E-state index in [4.69, 9.17) is 25.5 Å². The van der Waals surface area contributed by atoms with Gasteiger partial charge in [0.15, 0.2) is 5.82 Å². The molecule has 0 aromatic carbocycles. The number of rotatable bonds is 8. The van der Waals surface area contributed by atoms with E-state index in [-0.39, 0.29) is 25.1 Å². The monoisotopic (exact) mass is 362 g/mol. The number of methoxy groups -OCH3 is 1. The molecule has 1 heterocycles. The van der Waals surface area contributed by atoms with Gasteiger partial charge in [-0.15, -0.1) is 0 Å². The summed E-state index contributed by atoms with van der Waals surface area (Å²) in [5.41, 5.74) is 6.41. The Morgan fingerprint density at radius 1 is 1.44 bits per heavy atom. The van der Waals surface area contributed by atoms with Crippen molar-refractivity contribution in [2.75, 3.05) is 32.9 Å². The third-order valence-electron chi connectivity index (χ3n) is 2.61. The van der Waals surface area contributed by atoms with Crippen molar-refractivity contribution in [2.24, 2.45) is 5.73 Å². The molecule has 10 heteroatoms. The summed E-state index contributed by atoms with van der Waals surface area (Å²) >= 11 is 0. The van der Waals surface area contributed by atoms with Gasteiger partial charge in [-0.2, -0.15) is 4.98 Å². The zero-order chi connectivity index (χ0) is 19.7. The number of carbonyl (C=O) groups excluding carboxylic acids is 1. The maximum Gasteiger partial charge on any atom is 0.349 e. The van der Waals surface area contributed by atoms with Crippen molar-refractivity contribution in [1.29, 1.82) is 0 Å². The number of ether oxygens (including phenoxy) is 2. The van der Waals surface area contributed by atoms with Crippen LogP contribution in [-0.4, -0.2) is 59.3 Å². The van der Waals surface area contributed by atoms with Crippen LogP contribution in [0.3, 0.4) is 0 Å². The minimum absolute atomic E-state index is 0.0744. The van der Waals surface area contributed by atoms with Gasteiger partial charge in [-0.05, 0) is 12.5 Å². The number of aryl methyl sites for hydroxylation is 1. The lowest BCUT2D eigenvalue weighted by Gasteiger charge is -2.15. The molecule has 1 atom stereocenters. The number of aliphatic hydroxyl groups excluding tert-OH is 1. The molecule has 1 unspecified atom stereocenters. The third kappa shape index (κ3) is 12.1. The van der Waals surface area contributed by atoms with Crippen LogP contribution in [0.25, 0.3) is 0 Å². The fraction of sp³-hybridized carbons (Fsp3) is 0.667. The van der Waals surface area contributed by atoms with E-state index in [1.54, 1.807) is 5.48 Å². The average molecular weight is 362 g/mol. The molecule has 1 aromatic heterocycles. The number of esters is 1. The Morgan fingerprint density at radius 2 is 2.04 bits per heavy atom. The molecule has 0 radical (unpaired) electrons. The Balaban J connectivity index is 0. The fourth-order valence-electron chi connectivity index (χ4n) is 1.46. The summed E-state index contributed by atoms with van der Waals surface area (Å²) in [5, 5.41) is 15.6. The van der Waals surface area contributed by atoms with E-state index in [9.17, 15) is 9.59 Å². The molecule has 1 aromatic rings. The quantitative estimate of drug-likeness (QED) is 0.369. The number of nitrogens with zero attached hydrogens (tertiary/aromatic N) is 2. The molecule has 0 bridgehead atoms. The highest BCUT2D eigenvalue weighted by molar-refractivity contribution is 5.71. The maximum atomic E-state index is 11.6. The second-order valence-electron chi connectivity index (χ2n) is 4.64. The molecular weight excluding hydrogens is 332 g/mol. The van der Waals surface area contributed by atoms with E-state index in [2.05, 4.69) is 18.8 Å². The van der Waals surface area contributed by atoms with Crippen molar-refractivity contribution in [3.05, 3.63) is 22.7 Å².